The Labute approximate surface area is 133 Å². The van der Waals surface area contributed by atoms with Crippen LogP contribution in [0.1, 0.15) is 24.8 Å². The van der Waals surface area contributed by atoms with Crippen LogP contribution in [0.5, 0.6) is 0 Å². The van der Waals surface area contributed by atoms with Crippen LogP contribution < -0.4 is 5.32 Å². The van der Waals surface area contributed by atoms with Gasteiger partial charge in [0.15, 0.2) is 5.65 Å². The van der Waals surface area contributed by atoms with Gasteiger partial charge >= 0.3 is 0 Å². The molecule has 1 N–H and O–H groups in total. The molecule has 6 nitrogen and oxygen atoms in total. The van der Waals surface area contributed by atoms with E-state index >= 15 is 0 Å². The van der Waals surface area contributed by atoms with Crippen molar-refractivity contribution in [2.24, 2.45) is 0 Å². The lowest BCUT2D eigenvalue weighted by atomic mass is 10.1. The molecule has 2 aromatic heterocycles. The van der Waals surface area contributed by atoms with E-state index in [1.807, 2.05) is 19.2 Å². The Morgan fingerprint density at radius 3 is 3.27 bits per heavy atom. The molecule has 0 spiro atoms. The monoisotopic (exact) mass is 320 g/mol. The standard InChI is InChI=1S/C15H20N4O2S/c1-11-5-6-19-10-16-18-15(19)14(11)17-13(20)9-22-8-12-4-2-3-7-21-12/h5-6,10,12H,2-4,7-9H2,1H3,(H,17,20). The highest BCUT2D eigenvalue weighted by atomic mass is 32.2. The number of nitrogens with one attached hydrogen (secondary N) is 1. The number of pyridine rings is 1. The molecule has 22 heavy (non-hydrogen) atoms. The number of thioether (sulfide) groups is 1. The second kappa shape index (κ2) is 7.11. The highest BCUT2D eigenvalue weighted by molar-refractivity contribution is 8.00. The zero-order valence-corrected chi connectivity index (χ0v) is 13.4. The Kier molecular flexibility index (Phi) is 4.94. The summed E-state index contributed by atoms with van der Waals surface area (Å²) in [7, 11) is 0. The van der Waals surface area contributed by atoms with Crippen molar-refractivity contribution in [3.05, 3.63) is 24.2 Å². The third-order valence-corrected chi connectivity index (χ3v) is 4.83. The summed E-state index contributed by atoms with van der Waals surface area (Å²) in [5, 5.41) is 10.9. The molecular weight excluding hydrogens is 300 g/mol. The van der Waals surface area contributed by atoms with E-state index in [0.29, 0.717) is 17.5 Å². The van der Waals surface area contributed by atoms with Crippen molar-refractivity contribution in [1.82, 2.24) is 14.6 Å². The zero-order valence-electron chi connectivity index (χ0n) is 12.6. The first-order valence-electron chi connectivity index (χ1n) is 7.52. The van der Waals surface area contributed by atoms with Crippen LogP contribution in [-0.4, -0.2) is 44.7 Å². The van der Waals surface area contributed by atoms with Gasteiger partial charge in [0.05, 0.1) is 17.5 Å². The van der Waals surface area contributed by atoms with Crippen LogP contribution in [-0.2, 0) is 9.53 Å². The minimum Gasteiger partial charge on any atom is -0.377 e. The Balaban J connectivity index is 1.54. The summed E-state index contributed by atoms with van der Waals surface area (Å²) < 4.78 is 7.47. The molecule has 0 saturated carbocycles. The van der Waals surface area contributed by atoms with Crippen LogP contribution in [0.3, 0.4) is 0 Å². The number of rotatable bonds is 5. The van der Waals surface area contributed by atoms with Crippen LogP contribution in [0.4, 0.5) is 5.69 Å². The Bertz CT molecular complexity index is 652. The number of fused-ring (bicyclic) bond motifs is 1. The minimum atomic E-state index is -0.0139. The molecule has 1 atom stereocenters. The highest BCUT2D eigenvalue weighted by Gasteiger charge is 2.15. The predicted molar refractivity (Wildman–Crippen MR) is 87.3 cm³/mol. The van der Waals surface area contributed by atoms with Gasteiger partial charge < -0.3 is 10.1 Å². The van der Waals surface area contributed by atoms with Gasteiger partial charge in [-0.1, -0.05) is 0 Å². The molecule has 0 bridgehead atoms. The number of hydrogen-bond donors (Lipinski definition) is 1. The van der Waals surface area contributed by atoms with E-state index in [2.05, 4.69) is 15.5 Å². The van der Waals surface area contributed by atoms with Crippen molar-refractivity contribution in [1.29, 1.82) is 0 Å². The molecule has 1 unspecified atom stereocenters. The van der Waals surface area contributed by atoms with E-state index in [0.717, 1.165) is 36.5 Å². The summed E-state index contributed by atoms with van der Waals surface area (Å²) in [6.07, 6.45) is 7.30. The van der Waals surface area contributed by atoms with Crippen molar-refractivity contribution < 1.29 is 9.53 Å². The van der Waals surface area contributed by atoms with Gasteiger partial charge in [0.25, 0.3) is 0 Å². The average molecular weight is 320 g/mol. The molecule has 1 fully saturated rings. The first kappa shape index (κ1) is 15.3. The van der Waals surface area contributed by atoms with Crippen molar-refractivity contribution in [2.45, 2.75) is 32.3 Å². The summed E-state index contributed by atoms with van der Waals surface area (Å²) in [5.74, 6) is 1.29. The third-order valence-electron chi connectivity index (χ3n) is 3.75. The van der Waals surface area contributed by atoms with Crippen LogP contribution in [0.2, 0.25) is 0 Å². The predicted octanol–water partition coefficient (Wildman–Crippen LogP) is 2.28. The molecule has 7 heteroatoms. The molecule has 2 aromatic rings. The molecule has 0 aliphatic carbocycles. The molecule has 0 aromatic carbocycles. The second-order valence-electron chi connectivity index (χ2n) is 5.49. The fourth-order valence-corrected chi connectivity index (χ4v) is 3.44. The lowest BCUT2D eigenvalue weighted by Crippen LogP contribution is -2.23. The smallest absolute Gasteiger partial charge is 0.234 e. The molecule has 1 amide bonds. The van der Waals surface area contributed by atoms with Crippen molar-refractivity contribution in [3.8, 4) is 0 Å². The van der Waals surface area contributed by atoms with Crippen molar-refractivity contribution >= 4 is 29.0 Å². The maximum atomic E-state index is 12.1. The van der Waals surface area contributed by atoms with E-state index < -0.39 is 0 Å². The van der Waals surface area contributed by atoms with Gasteiger partial charge in [-0.2, -0.15) is 0 Å². The number of hydrogen-bond acceptors (Lipinski definition) is 5. The van der Waals surface area contributed by atoms with Crippen molar-refractivity contribution in [2.75, 3.05) is 23.4 Å². The number of nitrogens with zero attached hydrogens (tertiary/aromatic N) is 3. The molecule has 3 rings (SSSR count). The van der Waals surface area contributed by atoms with Gasteiger partial charge in [-0.05, 0) is 37.8 Å². The second-order valence-corrected chi connectivity index (χ2v) is 6.52. The highest BCUT2D eigenvalue weighted by Crippen LogP contribution is 2.21. The molecule has 0 radical (unpaired) electrons. The average Bonchev–Trinajstić information content (AvgIpc) is 3.00. The quantitative estimate of drug-likeness (QED) is 0.915. The molecular formula is C15H20N4O2S. The van der Waals surface area contributed by atoms with E-state index in [-0.39, 0.29) is 5.91 Å². The zero-order chi connectivity index (χ0) is 15.4. The van der Waals surface area contributed by atoms with Gasteiger partial charge in [-0.15, -0.1) is 22.0 Å². The van der Waals surface area contributed by atoms with E-state index in [4.69, 9.17) is 4.74 Å². The van der Waals surface area contributed by atoms with Crippen molar-refractivity contribution in [3.63, 3.8) is 0 Å². The molecule has 118 valence electrons. The minimum absolute atomic E-state index is 0.0139. The lowest BCUT2D eigenvalue weighted by molar-refractivity contribution is -0.113. The topological polar surface area (TPSA) is 68.5 Å². The van der Waals surface area contributed by atoms with E-state index in [1.54, 1.807) is 22.5 Å². The summed E-state index contributed by atoms with van der Waals surface area (Å²) in [6.45, 7) is 2.80. The summed E-state index contributed by atoms with van der Waals surface area (Å²) in [5.41, 5.74) is 2.39. The fraction of sp³-hybridized carbons (Fsp3) is 0.533. The van der Waals surface area contributed by atoms with Crippen LogP contribution in [0.15, 0.2) is 18.6 Å². The number of aryl methyl sites for hydroxylation is 1. The summed E-state index contributed by atoms with van der Waals surface area (Å²) in [4.78, 5) is 12.1. The van der Waals surface area contributed by atoms with Gasteiger partial charge in [0, 0.05) is 18.6 Å². The number of carbonyl (C=O) groups excluding carboxylic acids is 1. The number of anilines is 1. The Morgan fingerprint density at radius 1 is 1.55 bits per heavy atom. The summed E-state index contributed by atoms with van der Waals surface area (Å²) in [6, 6.07) is 1.94. The summed E-state index contributed by atoms with van der Waals surface area (Å²) >= 11 is 1.62. The maximum Gasteiger partial charge on any atom is 0.234 e. The van der Waals surface area contributed by atoms with Gasteiger partial charge in [0.1, 0.15) is 6.33 Å². The number of ether oxygens (including phenoxy) is 1. The fourth-order valence-electron chi connectivity index (χ4n) is 2.53. The molecule has 1 saturated heterocycles. The largest absolute Gasteiger partial charge is 0.377 e. The lowest BCUT2D eigenvalue weighted by Gasteiger charge is -2.21. The Hall–Kier alpha value is -1.60. The van der Waals surface area contributed by atoms with E-state index in [1.165, 1.54) is 6.42 Å². The SMILES string of the molecule is Cc1ccn2cnnc2c1NC(=O)CSCC1CCCCO1. The number of carbonyl (C=O) groups is 1. The molecule has 3 heterocycles. The van der Waals surface area contributed by atoms with Crippen LogP contribution in [0, 0.1) is 6.92 Å². The number of amides is 1. The maximum absolute atomic E-state index is 12.1. The van der Waals surface area contributed by atoms with Crippen LogP contribution >= 0.6 is 11.8 Å². The normalized spacial score (nSPS) is 18.5. The first-order chi connectivity index (χ1) is 10.7. The van der Waals surface area contributed by atoms with Gasteiger partial charge in [0.2, 0.25) is 5.91 Å². The third kappa shape index (κ3) is 3.59. The first-order valence-corrected chi connectivity index (χ1v) is 8.67. The molecule has 1 aliphatic rings. The Morgan fingerprint density at radius 2 is 2.45 bits per heavy atom. The molecule has 1 aliphatic heterocycles. The van der Waals surface area contributed by atoms with Crippen LogP contribution in [0.25, 0.3) is 5.65 Å². The van der Waals surface area contributed by atoms with Gasteiger partial charge in [-0.3, -0.25) is 9.20 Å². The number of aromatic nitrogens is 3. The van der Waals surface area contributed by atoms with Gasteiger partial charge in [-0.25, -0.2) is 0 Å². The van der Waals surface area contributed by atoms with E-state index in [9.17, 15) is 4.79 Å².